The van der Waals surface area contributed by atoms with Crippen molar-refractivity contribution in [1.29, 1.82) is 0 Å². The van der Waals surface area contributed by atoms with Crippen molar-refractivity contribution >= 4 is 0 Å². The van der Waals surface area contributed by atoms with Crippen molar-refractivity contribution in [3.05, 3.63) is 35.4 Å². The van der Waals surface area contributed by atoms with Gasteiger partial charge in [-0.15, -0.1) is 0 Å². The van der Waals surface area contributed by atoms with Gasteiger partial charge in [0.05, 0.1) is 0 Å². The molecule has 0 spiro atoms. The van der Waals surface area contributed by atoms with E-state index in [0.717, 1.165) is 5.92 Å². The fraction of sp³-hybridized carbons (Fsp3) is 0.647. The number of piperidine rings is 1. The lowest BCUT2D eigenvalue weighted by atomic mass is 9.94. The highest BCUT2D eigenvalue weighted by Gasteiger charge is 2.13. The zero-order chi connectivity index (χ0) is 13.5. The van der Waals surface area contributed by atoms with Crippen molar-refractivity contribution in [2.45, 2.75) is 32.6 Å². The van der Waals surface area contributed by atoms with Gasteiger partial charge < -0.3 is 10.2 Å². The molecule has 0 bridgehead atoms. The molecule has 2 nitrogen and oxygen atoms in total. The summed E-state index contributed by atoms with van der Waals surface area (Å²) in [5, 5.41) is 3.44. The zero-order valence-corrected chi connectivity index (χ0v) is 12.5. The topological polar surface area (TPSA) is 15.3 Å². The van der Waals surface area contributed by atoms with Gasteiger partial charge in [-0.1, -0.05) is 24.3 Å². The second-order valence-corrected chi connectivity index (χ2v) is 5.96. The Hall–Kier alpha value is -0.860. The average Bonchev–Trinajstić information content (AvgIpc) is 2.45. The average molecular weight is 260 g/mol. The first kappa shape index (κ1) is 14.5. The lowest BCUT2D eigenvalue weighted by molar-refractivity contribution is 0.273. The summed E-state index contributed by atoms with van der Waals surface area (Å²) in [5.74, 6) is 0.946. The lowest BCUT2D eigenvalue weighted by Gasteiger charge is -2.25. The Balaban J connectivity index is 1.66. The smallest absolute Gasteiger partial charge is 0.00189 e. The molecule has 2 rings (SSSR count). The maximum absolute atomic E-state index is 3.44. The number of nitrogens with zero attached hydrogens (tertiary/aromatic N) is 1. The van der Waals surface area contributed by atoms with E-state index in [9.17, 15) is 0 Å². The Morgan fingerprint density at radius 3 is 2.63 bits per heavy atom. The number of aryl methyl sites for hydroxylation is 1. The molecule has 0 radical (unpaired) electrons. The Bertz CT molecular complexity index is 369. The maximum Gasteiger partial charge on any atom is 0.00189 e. The van der Waals surface area contributed by atoms with Gasteiger partial charge in [0.15, 0.2) is 0 Å². The van der Waals surface area contributed by atoms with Crippen LogP contribution in [0.15, 0.2) is 24.3 Å². The molecule has 0 aromatic heterocycles. The molecule has 1 aliphatic heterocycles. The molecule has 0 saturated carbocycles. The van der Waals surface area contributed by atoms with Crippen LogP contribution in [-0.2, 0) is 6.42 Å². The summed E-state index contributed by atoms with van der Waals surface area (Å²) >= 11 is 0. The molecule has 2 heteroatoms. The van der Waals surface area contributed by atoms with Crippen molar-refractivity contribution in [3.8, 4) is 0 Å². The summed E-state index contributed by atoms with van der Waals surface area (Å²) in [6.45, 7) is 7.08. The van der Waals surface area contributed by atoms with Gasteiger partial charge in [0.1, 0.15) is 0 Å². The highest BCUT2D eigenvalue weighted by Crippen LogP contribution is 2.16. The van der Waals surface area contributed by atoms with Crippen molar-refractivity contribution < 1.29 is 0 Å². The predicted octanol–water partition coefficient (Wildman–Crippen LogP) is 2.86. The van der Waals surface area contributed by atoms with Crippen molar-refractivity contribution in [1.82, 2.24) is 10.2 Å². The number of likely N-dealkylation sites (N-methyl/N-ethyl adjacent to an activating group) is 1. The van der Waals surface area contributed by atoms with E-state index in [1.165, 1.54) is 63.0 Å². The molecule has 0 atom stereocenters. The third-order valence-corrected chi connectivity index (χ3v) is 4.40. The number of benzene rings is 1. The van der Waals surface area contributed by atoms with Crippen LogP contribution in [0.1, 0.15) is 30.4 Å². The predicted molar refractivity (Wildman–Crippen MR) is 82.6 cm³/mol. The van der Waals surface area contributed by atoms with Gasteiger partial charge >= 0.3 is 0 Å². The van der Waals surface area contributed by atoms with Gasteiger partial charge in [-0.05, 0) is 76.3 Å². The first-order chi connectivity index (χ1) is 9.25. The second kappa shape index (κ2) is 7.66. The van der Waals surface area contributed by atoms with Crippen LogP contribution in [0, 0.1) is 12.8 Å². The Morgan fingerprint density at radius 2 is 1.89 bits per heavy atom. The summed E-state index contributed by atoms with van der Waals surface area (Å²) in [7, 11) is 2.26. The number of hydrogen-bond acceptors (Lipinski definition) is 2. The van der Waals surface area contributed by atoms with E-state index in [1.54, 1.807) is 0 Å². The molecule has 0 unspecified atom stereocenters. The summed E-state index contributed by atoms with van der Waals surface area (Å²) < 4.78 is 0. The van der Waals surface area contributed by atoms with Crippen LogP contribution >= 0.6 is 0 Å². The Kier molecular flexibility index (Phi) is 5.87. The molecule has 1 aromatic carbocycles. The molecule has 1 heterocycles. The van der Waals surface area contributed by atoms with Crippen LogP contribution in [0.25, 0.3) is 0 Å². The van der Waals surface area contributed by atoms with E-state index in [2.05, 4.69) is 48.5 Å². The zero-order valence-electron chi connectivity index (χ0n) is 12.5. The van der Waals surface area contributed by atoms with Crippen LogP contribution in [-0.4, -0.2) is 38.1 Å². The quantitative estimate of drug-likeness (QED) is 0.846. The second-order valence-electron chi connectivity index (χ2n) is 5.96. The molecule has 0 aliphatic carbocycles. The first-order valence-corrected chi connectivity index (χ1v) is 7.69. The molecular weight excluding hydrogens is 232 g/mol. The minimum absolute atomic E-state index is 0.946. The fourth-order valence-corrected chi connectivity index (χ4v) is 2.89. The molecule has 106 valence electrons. The van der Waals surface area contributed by atoms with Crippen molar-refractivity contribution in [2.75, 3.05) is 33.2 Å². The highest BCUT2D eigenvalue weighted by molar-refractivity contribution is 5.25. The number of nitrogens with one attached hydrogen (secondary N) is 1. The largest absolute Gasteiger partial charge is 0.317 e. The molecule has 1 fully saturated rings. The molecule has 1 aliphatic rings. The van der Waals surface area contributed by atoms with E-state index >= 15 is 0 Å². The molecule has 1 saturated heterocycles. The minimum Gasteiger partial charge on any atom is -0.317 e. The molecule has 1 N–H and O–H groups in total. The Morgan fingerprint density at radius 1 is 1.16 bits per heavy atom. The van der Waals surface area contributed by atoms with Gasteiger partial charge in [-0.2, -0.15) is 0 Å². The first-order valence-electron chi connectivity index (χ1n) is 7.69. The third kappa shape index (κ3) is 4.96. The van der Waals surface area contributed by atoms with Crippen LogP contribution in [0.2, 0.25) is 0 Å². The summed E-state index contributed by atoms with van der Waals surface area (Å²) in [4.78, 5) is 2.49. The minimum atomic E-state index is 0.946. The van der Waals surface area contributed by atoms with Gasteiger partial charge in [0.2, 0.25) is 0 Å². The highest BCUT2D eigenvalue weighted by atomic mass is 15.1. The molecule has 1 aromatic rings. The van der Waals surface area contributed by atoms with Crippen LogP contribution < -0.4 is 5.32 Å². The number of hydrogen-bond donors (Lipinski definition) is 1. The summed E-state index contributed by atoms with van der Waals surface area (Å²) in [5.41, 5.74) is 2.92. The van der Waals surface area contributed by atoms with Gasteiger partial charge in [-0.25, -0.2) is 0 Å². The van der Waals surface area contributed by atoms with Gasteiger partial charge in [0.25, 0.3) is 0 Å². The van der Waals surface area contributed by atoms with Crippen molar-refractivity contribution in [3.63, 3.8) is 0 Å². The molecule has 0 amide bonds. The van der Waals surface area contributed by atoms with E-state index in [-0.39, 0.29) is 0 Å². The maximum atomic E-state index is 3.44. The summed E-state index contributed by atoms with van der Waals surface area (Å²) in [6, 6.07) is 8.75. The van der Waals surface area contributed by atoms with Crippen LogP contribution in [0.3, 0.4) is 0 Å². The molecular formula is C17H28N2. The monoisotopic (exact) mass is 260 g/mol. The Labute approximate surface area is 118 Å². The summed E-state index contributed by atoms with van der Waals surface area (Å²) in [6.07, 6.45) is 5.28. The fourth-order valence-electron chi connectivity index (χ4n) is 2.89. The van der Waals surface area contributed by atoms with Gasteiger partial charge in [-0.3, -0.25) is 0 Å². The van der Waals surface area contributed by atoms with Crippen LogP contribution in [0.4, 0.5) is 0 Å². The number of rotatable bonds is 6. The van der Waals surface area contributed by atoms with Gasteiger partial charge in [0, 0.05) is 6.54 Å². The van der Waals surface area contributed by atoms with Crippen LogP contribution in [0.5, 0.6) is 0 Å². The van der Waals surface area contributed by atoms with E-state index < -0.39 is 0 Å². The lowest BCUT2D eigenvalue weighted by Crippen LogP contribution is -2.30. The SMILES string of the molecule is Cc1ccccc1CCN(C)CCC1CCNCC1. The van der Waals surface area contributed by atoms with E-state index in [4.69, 9.17) is 0 Å². The normalized spacial score (nSPS) is 17.0. The molecule has 19 heavy (non-hydrogen) atoms. The third-order valence-electron chi connectivity index (χ3n) is 4.40. The van der Waals surface area contributed by atoms with Crippen molar-refractivity contribution in [2.24, 2.45) is 5.92 Å². The van der Waals surface area contributed by atoms with E-state index in [1.807, 2.05) is 0 Å². The standard InChI is InChI=1S/C17H28N2/c1-15-5-3-4-6-17(15)10-14-19(2)13-9-16-7-11-18-12-8-16/h3-6,16,18H,7-14H2,1-2H3. The van der Waals surface area contributed by atoms with E-state index in [0.29, 0.717) is 0 Å².